The van der Waals surface area contributed by atoms with Gasteiger partial charge >= 0.3 is 0 Å². The predicted molar refractivity (Wildman–Crippen MR) is 59.1 cm³/mol. The molecule has 0 aromatic heterocycles. The molecule has 14 heavy (non-hydrogen) atoms. The minimum Gasteiger partial charge on any atom is -0.490 e. The van der Waals surface area contributed by atoms with E-state index in [4.69, 9.17) is 16.3 Å². The van der Waals surface area contributed by atoms with E-state index in [-0.39, 0.29) is 0 Å². The molecule has 76 valence electrons. The maximum absolute atomic E-state index is 5.94. The number of halogens is 1. The monoisotopic (exact) mass is 210 g/mol. The van der Waals surface area contributed by atoms with Gasteiger partial charge in [0.2, 0.25) is 0 Å². The number of benzene rings is 1. The zero-order valence-electron chi connectivity index (χ0n) is 8.42. The van der Waals surface area contributed by atoms with Crippen molar-refractivity contribution < 1.29 is 4.74 Å². The third-order valence-electron chi connectivity index (χ3n) is 2.73. The van der Waals surface area contributed by atoms with Crippen LogP contribution in [0.4, 0.5) is 0 Å². The first kappa shape index (κ1) is 9.85. The van der Waals surface area contributed by atoms with Gasteiger partial charge in [-0.05, 0) is 56.4 Å². The molecule has 0 radical (unpaired) electrons. The van der Waals surface area contributed by atoms with E-state index in [1.807, 2.05) is 25.1 Å². The zero-order valence-corrected chi connectivity index (χ0v) is 9.18. The summed E-state index contributed by atoms with van der Waals surface area (Å²) >= 11 is 5.94. The molecule has 0 spiro atoms. The summed E-state index contributed by atoms with van der Waals surface area (Å²) in [6.45, 7) is 2.00. The summed E-state index contributed by atoms with van der Waals surface area (Å²) in [7, 11) is 0. The lowest BCUT2D eigenvalue weighted by Crippen LogP contribution is -2.10. The van der Waals surface area contributed by atoms with Gasteiger partial charge in [0.15, 0.2) is 0 Å². The molecule has 0 atom stereocenters. The van der Waals surface area contributed by atoms with Crippen molar-refractivity contribution in [2.75, 3.05) is 0 Å². The van der Waals surface area contributed by atoms with Crippen LogP contribution in [0.5, 0.6) is 5.75 Å². The Morgan fingerprint density at radius 3 is 2.64 bits per heavy atom. The Kier molecular flexibility index (Phi) is 2.97. The fourth-order valence-electron chi connectivity index (χ4n) is 1.89. The van der Waals surface area contributed by atoms with Gasteiger partial charge in [-0.25, -0.2) is 0 Å². The smallest absolute Gasteiger partial charge is 0.120 e. The summed E-state index contributed by atoms with van der Waals surface area (Å²) in [5.74, 6) is 0.957. The van der Waals surface area contributed by atoms with Crippen LogP contribution in [0.2, 0.25) is 5.02 Å². The second-order valence-corrected chi connectivity index (χ2v) is 4.34. The molecule has 0 N–H and O–H groups in total. The third kappa shape index (κ3) is 2.21. The van der Waals surface area contributed by atoms with Crippen LogP contribution in [-0.4, -0.2) is 6.10 Å². The summed E-state index contributed by atoms with van der Waals surface area (Å²) in [5.41, 5.74) is 1.09. The lowest BCUT2D eigenvalue weighted by molar-refractivity contribution is 0.210. The second-order valence-electron chi connectivity index (χ2n) is 3.94. The summed E-state index contributed by atoms with van der Waals surface area (Å²) in [6, 6.07) is 5.87. The molecule has 0 heterocycles. The lowest BCUT2D eigenvalue weighted by Gasteiger charge is -2.13. The molecular weight excluding hydrogens is 196 g/mol. The van der Waals surface area contributed by atoms with Crippen molar-refractivity contribution in [3.05, 3.63) is 28.8 Å². The maximum atomic E-state index is 5.94. The Morgan fingerprint density at radius 1 is 1.29 bits per heavy atom. The molecule has 0 bridgehead atoms. The van der Waals surface area contributed by atoms with E-state index in [0.717, 1.165) is 16.3 Å². The first-order chi connectivity index (χ1) is 6.75. The van der Waals surface area contributed by atoms with Crippen LogP contribution in [0, 0.1) is 6.92 Å². The van der Waals surface area contributed by atoms with E-state index in [0.29, 0.717) is 6.10 Å². The normalized spacial score (nSPS) is 17.3. The van der Waals surface area contributed by atoms with Gasteiger partial charge in [-0.3, -0.25) is 0 Å². The topological polar surface area (TPSA) is 9.23 Å². The molecule has 1 aliphatic carbocycles. The Morgan fingerprint density at radius 2 is 2.00 bits per heavy atom. The van der Waals surface area contributed by atoms with Crippen molar-refractivity contribution in [3.8, 4) is 5.75 Å². The van der Waals surface area contributed by atoms with Crippen LogP contribution >= 0.6 is 11.6 Å². The fraction of sp³-hybridized carbons (Fsp3) is 0.500. The Bertz CT molecular complexity index is 316. The van der Waals surface area contributed by atoms with Gasteiger partial charge in [0.1, 0.15) is 5.75 Å². The van der Waals surface area contributed by atoms with Crippen LogP contribution in [0.25, 0.3) is 0 Å². The molecule has 1 aliphatic rings. The number of hydrogen-bond donors (Lipinski definition) is 0. The Hall–Kier alpha value is -0.690. The van der Waals surface area contributed by atoms with Crippen LogP contribution < -0.4 is 4.74 Å². The number of hydrogen-bond acceptors (Lipinski definition) is 1. The molecule has 0 aliphatic heterocycles. The van der Waals surface area contributed by atoms with Crippen molar-refractivity contribution in [2.45, 2.75) is 38.7 Å². The highest BCUT2D eigenvalue weighted by molar-refractivity contribution is 6.31. The first-order valence-corrected chi connectivity index (χ1v) is 5.56. The molecule has 0 unspecified atom stereocenters. The molecule has 0 amide bonds. The average molecular weight is 211 g/mol. The fourth-order valence-corrected chi connectivity index (χ4v) is 2.01. The molecule has 1 fully saturated rings. The highest BCUT2D eigenvalue weighted by atomic mass is 35.5. The van der Waals surface area contributed by atoms with Gasteiger partial charge in [0.25, 0.3) is 0 Å². The van der Waals surface area contributed by atoms with E-state index in [9.17, 15) is 0 Å². The third-order valence-corrected chi connectivity index (χ3v) is 3.16. The van der Waals surface area contributed by atoms with E-state index in [1.165, 1.54) is 25.7 Å². The molecular formula is C12H15ClO. The quantitative estimate of drug-likeness (QED) is 0.718. The van der Waals surface area contributed by atoms with Gasteiger partial charge < -0.3 is 4.74 Å². The molecule has 1 nitrogen and oxygen atoms in total. The summed E-state index contributed by atoms with van der Waals surface area (Å²) in [5, 5.41) is 0.809. The molecule has 2 rings (SSSR count). The summed E-state index contributed by atoms with van der Waals surface area (Å²) in [6.07, 6.45) is 5.42. The second kappa shape index (κ2) is 4.22. The molecule has 1 aromatic carbocycles. The minimum atomic E-state index is 0.426. The van der Waals surface area contributed by atoms with E-state index in [1.54, 1.807) is 0 Å². The summed E-state index contributed by atoms with van der Waals surface area (Å²) in [4.78, 5) is 0. The van der Waals surface area contributed by atoms with Gasteiger partial charge in [-0.1, -0.05) is 11.6 Å². The van der Waals surface area contributed by atoms with Crippen molar-refractivity contribution in [1.82, 2.24) is 0 Å². The van der Waals surface area contributed by atoms with Crippen LogP contribution in [0.3, 0.4) is 0 Å². The highest BCUT2D eigenvalue weighted by Gasteiger charge is 2.16. The van der Waals surface area contributed by atoms with Gasteiger partial charge in [0.05, 0.1) is 6.10 Å². The lowest BCUT2D eigenvalue weighted by atomic mass is 10.2. The van der Waals surface area contributed by atoms with E-state index in [2.05, 4.69) is 0 Å². The van der Waals surface area contributed by atoms with Crippen molar-refractivity contribution in [1.29, 1.82) is 0 Å². The Labute approximate surface area is 90.0 Å². The maximum Gasteiger partial charge on any atom is 0.120 e. The standard InChI is InChI=1S/C12H15ClO/c1-9-8-11(6-7-12(9)13)14-10-4-2-3-5-10/h6-8,10H,2-5H2,1H3. The number of rotatable bonds is 2. The molecule has 1 saturated carbocycles. The number of aryl methyl sites for hydroxylation is 1. The van der Waals surface area contributed by atoms with Crippen molar-refractivity contribution in [2.24, 2.45) is 0 Å². The number of ether oxygens (including phenoxy) is 1. The first-order valence-electron chi connectivity index (χ1n) is 5.18. The summed E-state index contributed by atoms with van der Waals surface area (Å²) < 4.78 is 5.85. The van der Waals surface area contributed by atoms with E-state index < -0.39 is 0 Å². The highest BCUT2D eigenvalue weighted by Crippen LogP contribution is 2.26. The van der Waals surface area contributed by atoms with Gasteiger partial charge in [0, 0.05) is 5.02 Å². The van der Waals surface area contributed by atoms with E-state index >= 15 is 0 Å². The predicted octanol–water partition coefficient (Wildman–Crippen LogP) is 3.97. The van der Waals surface area contributed by atoms with Crippen LogP contribution in [-0.2, 0) is 0 Å². The SMILES string of the molecule is Cc1cc(OC2CCCC2)ccc1Cl. The molecule has 2 heteroatoms. The largest absolute Gasteiger partial charge is 0.490 e. The van der Waals surface area contributed by atoms with Crippen LogP contribution in [0.15, 0.2) is 18.2 Å². The molecule has 0 saturated heterocycles. The van der Waals surface area contributed by atoms with Crippen molar-refractivity contribution >= 4 is 11.6 Å². The van der Waals surface area contributed by atoms with Crippen LogP contribution in [0.1, 0.15) is 31.2 Å². The Balaban J connectivity index is 2.05. The van der Waals surface area contributed by atoms with Gasteiger partial charge in [-0.15, -0.1) is 0 Å². The zero-order chi connectivity index (χ0) is 9.97. The van der Waals surface area contributed by atoms with Crippen molar-refractivity contribution in [3.63, 3.8) is 0 Å². The molecule has 1 aromatic rings. The average Bonchev–Trinajstić information content (AvgIpc) is 2.64. The minimum absolute atomic E-state index is 0.426. The van der Waals surface area contributed by atoms with Gasteiger partial charge in [-0.2, -0.15) is 0 Å².